The number of carbonyl (C=O) groups is 2. The van der Waals surface area contributed by atoms with Crippen LogP contribution in [0.25, 0.3) is 0 Å². The van der Waals surface area contributed by atoms with Gasteiger partial charge in [-0.25, -0.2) is 0 Å². The minimum atomic E-state index is -0.516. The van der Waals surface area contributed by atoms with Crippen molar-refractivity contribution in [2.24, 2.45) is 5.73 Å². The van der Waals surface area contributed by atoms with Crippen LogP contribution in [0, 0.1) is 0 Å². The normalized spacial score (nSPS) is 14.4. The molecule has 106 valence electrons. The quantitative estimate of drug-likeness (QED) is 0.920. The molecule has 4 nitrogen and oxygen atoms in total. The third-order valence-corrected chi connectivity index (χ3v) is 3.77. The minimum absolute atomic E-state index is 0.0199. The zero-order chi connectivity index (χ0) is 15.0. The van der Waals surface area contributed by atoms with Gasteiger partial charge in [0, 0.05) is 17.5 Å². The molecule has 1 amide bonds. The van der Waals surface area contributed by atoms with E-state index in [0.717, 1.165) is 5.56 Å². The number of hydrogen-bond acceptors (Lipinski definition) is 3. The molecule has 0 bridgehead atoms. The van der Waals surface area contributed by atoms with E-state index in [0.29, 0.717) is 22.6 Å². The molecular formula is C17H15NO3. The van der Waals surface area contributed by atoms with E-state index in [9.17, 15) is 9.59 Å². The van der Waals surface area contributed by atoms with Gasteiger partial charge in [-0.05, 0) is 19.1 Å². The Labute approximate surface area is 122 Å². The molecular weight excluding hydrogens is 266 g/mol. The SMILES string of the molecule is CC(C(N)=O)c1cccc2c1Oc1ccccc1CC2=O. The number of rotatable bonds is 2. The van der Waals surface area contributed by atoms with E-state index in [-0.39, 0.29) is 12.2 Å². The Morgan fingerprint density at radius 1 is 1.19 bits per heavy atom. The Hall–Kier alpha value is -2.62. The Morgan fingerprint density at radius 3 is 2.71 bits per heavy atom. The van der Waals surface area contributed by atoms with Gasteiger partial charge in [-0.15, -0.1) is 0 Å². The van der Waals surface area contributed by atoms with Gasteiger partial charge in [0.1, 0.15) is 11.5 Å². The summed E-state index contributed by atoms with van der Waals surface area (Å²) in [7, 11) is 0. The number of ketones is 1. The lowest BCUT2D eigenvalue weighted by molar-refractivity contribution is -0.119. The summed E-state index contributed by atoms with van der Waals surface area (Å²) in [5, 5.41) is 0. The van der Waals surface area contributed by atoms with Gasteiger partial charge in [-0.1, -0.05) is 30.3 Å². The van der Waals surface area contributed by atoms with E-state index in [4.69, 9.17) is 10.5 Å². The third-order valence-electron chi connectivity index (χ3n) is 3.77. The summed E-state index contributed by atoms with van der Waals surface area (Å²) in [6.07, 6.45) is 0.289. The molecule has 1 unspecified atom stereocenters. The van der Waals surface area contributed by atoms with Crippen molar-refractivity contribution in [1.82, 2.24) is 0 Å². The number of amides is 1. The van der Waals surface area contributed by atoms with E-state index in [1.807, 2.05) is 24.3 Å². The number of nitrogens with two attached hydrogens (primary N) is 1. The third kappa shape index (κ3) is 2.29. The van der Waals surface area contributed by atoms with Gasteiger partial charge in [0.2, 0.25) is 5.91 Å². The number of hydrogen-bond donors (Lipinski definition) is 1. The van der Waals surface area contributed by atoms with Gasteiger partial charge in [-0.3, -0.25) is 9.59 Å². The predicted molar refractivity (Wildman–Crippen MR) is 78.6 cm³/mol. The first kappa shape index (κ1) is 13.4. The molecule has 1 atom stereocenters. The first-order valence-electron chi connectivity index (χ1n) is 6.79. The highest BCUT2D eigenvalue weighted by Crippen LogP contribution is 2.38. The van der Waals surface area contributed by atoms with Crippen molar-refractivity contribution in [2.75, 3.05) is 0 Å². The molecule has 1 heterocycles. The predicted octanol–water partition coefficient (Wildman–Crippen LogP) is 2.81. The fourth-order valence-electron chi connectivity index (χ4n) is 2.51. The van der Waals surface area contributed by atoms with Crippen molar-refractivity contribution < 1.29 is 14.3 Å². The van der Waals surface area contributed by atoms with Crippen molar-refractivity contribution >= 4 is 11.7 Å². The second kappa shape index (κ2) is 5.05. The Balaban J connectivity index is 2.19. The van der Waals surface area contributed by atoms with Crippen molar-refractivity contribution in [1.29, 1.82) is 0 Å². The van der Waals surface area contributed by atoms with Crippen LogP contribution in [-0.2, 0) is 11.2 Å². The lowest BCUT2D eigenvalue weighted by Gasteiger charge is -2.16. The topological polar surface area (TPSA) is 69.4 Å². The summed E-state index contributed by atoms with van der Waals surface area (Å²) in [5.74, 6) is 0.107. The lowest BCUT2D eigenvalue weighted by atomic mass is 9.94. The molecule has 0 aliphatic carbocycles. The maximum Gasteiger partial charge on any atom is 0.224 e. The standard InChI is InChI=1S/C17H15NO3/c1-10(17(18)20)12-6-4-7-13-14(19)9-11-5-2-3-8-15(11)21-16(12)13/h2-8,10H,9H2,1H3,(H2,18,20). The summed E-state index contributed by atoms with van der Waals surface area (Å²) in [4.78, 5) is 23.9. The van der Waals surface area contributed by atoms with Gasteiger partial charge < -0.3 is 10.5 Å². The highest BCUT2D eigenvalue weighted by Gasteiger charge is 2.26. The van der Waals surface area contributed by atoms with E-state index >= 15 is 0 Å². The van der Waals surface area contributed by atoms with Crippen LogP contribution in [0.1, 0.15) is 34.3 Å². The Morgan fingerprint density at radius 2 is 1.95 bits per heavy atom. The molecule has 0 fully saturated rings. The number of ether oxygens (including phenoxy) is 1. The number of fused-ring (bicyclic) bond motifs is 2. The van der Waals surface area contributed by atoms with Crippen LogP contribution in [0.5, 0.6) is 11.5 Å². The number of para-hydroxylation sites is 2. The van der Waals surface area contributed by atoms with Crippen molar-refractivity contribution in [3.63, 3.8) is 0 Å². The second-order valence-electron chi connectivity index (χ2n) is 5.16. The summed E-state index contributed by atoms with van der Waals surface area (Å²) in [6, 6.07) is 12.7. The molecule has 21 heavy (non-hydrogen) atoms. The molecule has 0 radical (unpaired) electrons. The zero-order valence-electron chi connectivity index (χ0n) is 11.6. The molecule has 2 N–H and O–H groups in total. The maximum atomic E-state index is 12.4. The molecule has 2 aromatic rings. The molecule has 3 rings (SSSR count). The van der Waals surface area contributed by atoms with Crippen LogP contribution < -0.4 is 10.5 Å². The van der Waals surface area contributed by atoms with Gasteiger partial charge in [0.15, 0.2) is 5.78 Å². The summed E-state index contributed by atoms with van der Waals surface area (Å²) in [6.45, 7) is 1.71. The summed E-state index contributed by atoms with van der Waals surface area (Å²) >= 11 is 0. The van der Waals surface area contributed by atoms with Crippen LogP contribution in [-0.4, -0.2) is 11.7 Å². The summed E-state index contributed by atoms with van der Waals surface area (Å²) in [5.41, 5.74) is 7.37. The van der Waals surface area contributed by atoms with Crippen molar-refractivity contribution in [3.05, 3.63) is 59.2 Å². The van der Waals surface area contributed by atoms with Gasteiger partial charge in [0.25, 0.3) is 0 Å². The smallest absolute Gasteiger partial charge is 0.224 e. The summed E-state index contributed by atoms with van der Waals surface area (Å²) < 4.78 is 5.95. The highest BCUT2D eigenvalue weighted by molar-refractivity contribution is 6.02. The zero-order valence-corrected chi connectivity index (χ0v) is 11.6. The van der Waals surface area contributed by atoms with E-state index < -0.39 is 11.8 Å². The fraction of sp³-hybridized carbons (Fsp3) is 0.176. The molecule has 1 aliphatic rings. The first-order chi connectivity index (χ1) is 10.1. The molecule has 0 aromatic heterocycles. The minimum Gasteiger partial charge on any atom is -0.456 e. The van der Waals surface area contributed by atoms with Crippen LogP contribution in [0.15, 0.2) is 42.5 Å². The van der Waals surface area contributed by atoms with E-state index in [1.54, 1.807) is 25.1 Å². The monoisotopic (exact) mass is 281 g/mol. The number of Topliss-reactive ketones (excluding diaryl/α,β-unsaturated/α-hetero) is 1. The number of primary amides is 1. The molecule has 0 spiro atoms. The second-order valence-corrected chi connectivity index (χ2v) is 5.16. The van der Waals surface area contributed by atoms with E-state index in [1.165, 1.54) is 0 Å². The molecule has 0 saturated heterocycles. The van der Waals surface area contributed by atoms with Crippen LogP contribution in [0.3, 0.4) is 0 Å². The number of carbonyl (C=O) groups excluding carboxylic acids is 2. The average Bonchev–Trinajstić information content (AvgIpc) is 2.62. The molecule has 1 aliphatic heterocycles. The van der Waals surface area contributed by atoms with Crippen LogP contribution in [0.2, 0.25) is 0 Å². The first-order valence-corrected chi connectivity index (χ1v) is 6.79. The highest BCUT2D eigenvalue weighted by atomic mass is 16.5. The van der Waals surface area contributed by atoms with Gasteiger partial charge >= 0.3 is 0 Å². The van der Waals surface area contributed by atoms with Gasteiger partial charge in [-0.2, -0.15) is 0 Å². The maximum absolute atomic E-state index is 12.4. The van der Waals surface area contributed by atoms with Crippen molar-refractivity contribution in [2.45, 2.75) is 19.3 Å². The van der Waals surface area contributed by atoms with Crippen LogP contribution >= 0.6 is 0 Å². The molecule has 0 saturated carbocycles. The number of benzene rings is 2. The van der Waals surface area contributed by atoms with Crippen molar-refractivity contribution in [3.8, 4) is 11.5 Å². The van der Waals surface area contributed by atoms with Crippen LogP contribution in [0.4, 0.5) is 0 Å². The Kier molecular flexibility index (Phi) is 3.22. The van der Waals surface area contributed by atoms with Gasteiger partial charge in [0.05, 0.1) is 11.5 Å². The molecule has 4 heteroatoms. The van der Waals surface area contributed by atoms with E-state index in [2.05, 4.69) is 0 Å². The molecule has 2 aromatic carbocycles. The average molecular weight is 281 g/mol. The fourth-order valence-corrected chi connectivity index (χ4v) is 2.51. The lowest BCUT2D eigenvalue weighted by Crippen LogP contribution is -2.19. The largest absolute Gasteiger partial charge is 0.456 e. The Bertz CT molecular complexity index is 737.